The number of methoxy groups -OCH3 is 1. The van der Waals surface area contributed by atoms with Crippen molar-refractivity contribution < 1.29 is 14.3 Å². The van der Waals surface area contributed by atoms with Crippen molar-refractivity contribution in [3.63, 3.8) is 0 Å². The zero-order chi connectivity index (χ0) is 23.2. The summed E-state index contributed by atoms with van der Waals surface area (Å²) in [5, 5.41) is 9.02. The number of hydrogen-bond acceptors (Lipinski definition) is 7. The standard InChI is InChI=1S/C24H28N6O3/c1-16-14-20(32-3)8-9-21(16)28-24(31)27-19-6-4-18(5-7-19)26-22-15-17(2)25-23(29-22)30-10-12-33-13-11-30/h4-9,14-15H,10-13H2,1-3H3,(H,25,26,29)(H2,27,28,31). The summed E-state index contributed by atoms with van der Waals surface area (Å²) >= 11 is 0. The van der Waals surface area contributed by atoms with E-state index in [0.717, 1.165) is 47.3 Å². The molecule has 0 saturated carbocycles. The van der Waals surface area contributed by atoms with E-state index in [2.05, 4.69) is 30.8 Å². The Morgan fingerprint density at radius 3 is 2.39 bits per heavy atom. The summed E-state index contributed by atoms with van der Waals surface area (Å²) in [5.74, 6) is 2.17. The summed E-state index contributed by atoms with van der Waals surface area (Å²) in [4.78, 5) is 23.7. The maximum atomic E-state index is 12.4. The van der Waals surface area contributed by atoms with Crippen molar-refractivity contribution in [2.75, 3.05) is 54.3 Å². The summed E-state index contributed by atoms with van der Waals surface area (Å²) in [6, 6.07) is 14.5. The Hall–Kier alpha value is -3.85. The fourth-order valence-corrected chi connectivity index (χ4v) is 3.49. The fraction of sp³-hybridized carbons (Fsp3) is 0.292. The van der Waals surface area contributed by atoms with Crippen LogP contribution in [0.15, 0.2) is 48.5 Å². The molecule has 2 aromatic carbocycles. The molecule has 0 radical (unpaired) electrons. The highest BCUT2D eigenvalue weighted by Gasteiger charge is 2.15. The van der Waals surface area contributed by atoms with Gasteiger partial charge >= 0.3 is 6.03 Å². The van der Waals surface area contributed by atoms with Gasteiger partial charge in [-0.15, -0.1) is 0 Å². The van der Waals surface area contributed by atoms with Crippen LogP contribution >= 0.6 is 0 Å². The molecule has 3 N–H and O–H groups in total. The van der Waals surface area contributed by atoms with Crippen LogP contribution in [0.2, 0.25) is 0 Å². The Balaban J connectivity index is 1.37. The van der Waals surface area contributed by atoms with Crippen LogP contribution < -0.4 is 25.6 Å². The Morgan fingerprint density at radius 1 is 0.970 bits per heavy atom. The number of ether oxygens (including phenoxy) is 2. The predicted molar refractivity (Wildman–Crippen MR) is 130 cm³/mol. The average Bonchev–Trinajstić information content (AvgIpc) is 2.82. The zero-order valence-corrected chi connectivity index (χ0v) is 19.0. The highest BCUT2D eigenvalue weighted by Crippen LogP contribution is 2.23. The number of urea groups is 1. The Bertz CT molecular complexity index is 1110. The molecule has 0 bridgehead atoms. The highest BCUT2D eigenvalue weighted by molar-refractivity contribution is 6.00. The summed E-state index contributed by atoms with van der Waals surface area (Å²) in [5.41, 5.74) is 4.07. The maximum Gasteiger partial charge on any atom is 0.323 e. The SMILES string of the molecule is COc1ccc(NC(=O)Nc2ccc(Nc3cc(C)nc(N4CCOCC4)n3)cc2)c(C)c1. The molecule has 1 aliphatic rings. The lowest BCUT2D eigenvalue weighted by Gasteiger charge is -2.27. The molecule has 0 aliphatic carbocycles. The van der Waals surface area contributed by atoms with E-state index < -0.39 is 0 Å². The van der Waals surface area contributed by atoms with Gasteiger partial charge in [-0.2, -0.15) is 4.98 Å². The number of morpholine rings is 1. The average molecular weight is 449 g/mol. The topological polar surface area (TPSA) is 101 Å². The number of carbonyl (C=O) groups is 1. The van der Waals surface area contributed by atoms with Gasteiger partial charge < -0.3 is 30.3 Å². The maximum absolute atomic E-state index is 12.4. The number of anilines is 5. The van der Waals surface area contributed by atoms with E-state index in [0.29, 0.717) is 24.8 Å². The molecular weight excluding hydrogens is 420 g/mol. The van der Waals surface area contributed by atoms with Crippen LogP contribution in [0.4, 0.5) is 33.6 Å². The predicted octanol–water partition coefficient (Wildman–Crippen LogP) is 4.33. The van der Waals surface area contributed by atoms with Gasteiger partial charge in [0.25, 0.3) is 0 Å². The van der Waals surface area contributed by atoms with Gasteiger partial charge in [0.05, 0.1) is 20.3 Å². The molecule has 1 aromatic heterocycles. The van der Waals surface area contributed by atoms with E-state index >= 15 is 0 Å². The molecule has 1 fully saturated rings. The van der Waals surface area contributed by atoms with Crippen LogP contribution in [0.3, 0.4) is 0 Å². The van der Waals surface area contributed by atoms with Crippen molar-refractivity contribution >= 4 is 34.9 Å². The number of carbonyl (C=O) groups excluding carboxylic acids is 1. The Morgan fingerprint density at radius 2 is 1.70 bits per heavy atom. The lowest BCUT2D eigenvalue weighted by molar-refractivity contribution is 0.122. The number of benzene rings is 2. The highest BCUT2D eigenvalue weighted by atomic mass is 16.5. The van der Waals surface area contributed by atoms with Crippen molar-refractivity contribution in [3.8, 4) is 5.75 Å². The van der Waals surface area contributed by atoms with Crippen LogP contribution in [0.5, 0.6) is 5.75 Å². The number of nitrogens with zero attached hydrogens (tertiary/aromatic N) is 3. The normalized spacial score (nSPS) is 13.4. The minimum absolute atomic E-state index is 0.314. The Kier molecular flexibility index (Phi) is 6.89. The number of hydrogen-bond donors (Lipinski definition) is 3. The third-order valence-corrected chi connectivity index (χ3v) is 5.23. The van der Waals surface area contributed by atoms with Crippen LogP contribution in [0.25, 0.3) is 0 Å². The number of rotatable bonds is 6. The van der Waals surface area contributed by atoms with E-state index in [1.54, 1.807) is 7.11 Å². The smallest absolute Gasteiger partial charge is 0.323 e. The van der Waals surface area contributed by atoms with Gasteiger partial charge in [0.15, 0.2) is 0 Å². The molecule has 0 atom stereocenters. The number of aromatic nitrogens is 2. The summed E-state index contributed by atoms with van der Waals surface area (Å²) in [6.45, 7) is 6.79. The second-order valence-electron chi connectivity index (χ2n) is 7.76. The zero-order valence-electron chi connectivity index (χ0n) is 19.0. The molecule has 33 heavy (non-hydrogen) atoms. The molecule has 9 heteroatoms. The lowest BCUT2D eigenvalue weighted by Crippen LogP contribution is -2.37. The molecule has 2 heterocycles. The van der Waals surface area contributed by atoms with Crippen LogP contribution in [0.1, 0.15) is 11.3 Å². The first kappa shape index (κ1) is 22.3. The summed E-state index contributed by atoms with van der Waals surface area (Å²) in [7, 11) is 1.61. The third kappa shape index (κ3) is 5.89. The minimum atomic E-state index is -0.314. The largest absolute Gasteiger partial charge is 0.497 e. The molecule has 2 amide bonds. The van der Waals surface area contributed by atoms with Gasteiger partial charge in [-0.05, 0) is 61.9 Å². The monoisotopic (exact) mass is 448 g/mol. The molecule has 1 aliphatic heterocycles. The van der Waals surface area contributed by atoms with Crippen molar-refractivity contribution in [3.05, 3.63) is 59.8 Å². The molecular formula is C24H28N6O3. The molecule has 172 valence electrons. The van der Waals surface area contributed by atoms with Crippen LogP contribution in [0, 0.1) is 13.8 Å². The van der Waals surface area contributed by atoms with Crippen LogP contribution in [-0.4, -0.2) is 49.4 Å². The van der Waals surface area contributed by atoms with Crippen molar-refractivity contribution in [2.24, 2.45) is 0 Å². The van der Waals surface area contributed by atoms with E-state index in [-0.39, 0.29) is 6.03 Å². The van der Waals surface area contributed by atoms with Gasteiger partial charge in [-0.1, -0.05) is 0 Å². The van der Waals surface area contributed by atoms with Gasteiger partial charge in [-0.3, -0.25) is 0 Å². The Labute approximate surface area is 193 Å². The third-order valence-electron chi connectivity index (χ3n) is 5.23. The van der Waals surface area contributed by atoms with E-state index in [9.17, 15) is 4.79 Å². The quantitative estimate of drug-likeness (QED) is 0.516. The van der Waals surface area contributed by atoms with Gasteiger partial charge in [0, 0.05) is 41.9 Å². The van der Waals surface area contributed by atoms with E-state index in [1.807, 2.05) is 62.4 Å². The van der Waals surface area contributed by atoms with Crippen molar-refractivity contribution in [2.45, 2.75) is 13.8 Å². The second-order valence-corrected chi connectivity index (χ2v) is 7.76. The summed E-state index contributed by atoms with van der Waals surface area (Å²) in [6.07, 6.45) is 0. The van der Waals surface area contributed by atoms with Gasteiger partial charge in [0.1, 0.15) is 11.6 Å². The number of nitrogens with one attached hydrogen (secondary N) is 3. The number of amides is 2. The number of aryl methyl sites for hydroxylation is 2. The molecule has 0 spiro atoms. The molecule has 3 aromatic rings. The first-order chi connectivity index (χ1) is 16.0. The minimum Gasteiger partial charge on any atom is -0.497 e. The van der Waals surface area contributed by atoms with Crippen LogP contribution in [-0.2, 0) is 4.74 Å². The first-order valence-corrected chi connectivity index (χ1v) is 10.8. The van der Waals surface area contributed by atoms with Crippen molar-refractivity contribution in [1.29, 1.82) is 0 Å². The van der Waals surface area contributed by atoms with Gasteiger partial charge in [0.2, 0.25) is 5.95 Å². The van der Waals surface area contributed by atoms with Crippen molar-refractivity contribution in [1.82, 2.24) is 9.97 Å². The fourth-order valence-electron chi connectivity index (χ4n) is 3.49. The molecule has 9 nitrogen and oxygen atoms in total. The van der Waals surface area contributed by atoms with Gasteiger partial charge in [-0.25, -0.2) is 9.78 Å². The van der Waals surface area contributed by atoms with E-state index in [4.69, 9.17) is 9.47 Å². The second kappa shape index (κ2) is 10.2. The lowest BCUT2D eigenvalue weighted by atomic mass is 10.2. The first-order valence-electron chi connectivity index (χ1n) is 10.8. The summed E-state index contributed by atoms with van der Waals surface area (Å²) < 4.78 is 10.6. The molecule has 4 rings (SSSR count). The van der Waals surface area contributed by atoms with E-state index in [1.165, 1.54) is 0 Å². The molecule has 0 unspecified atom stereocenters. The molecule has 1 saturated heterocycles.